The fourth-order valence-electron chi connectivity index (χ4n) is 3.06. The lowest BCUT2D eigenvalue weighted by molar-refractivity contribution is 0.678. The summed E-state index contributed by atoms with van der Waals surface area (Å²) in [6, 6.07) is 11.3. The molecule has 0 aromatic heterocycles. The minimum atomic E-state index is 0.240. The molecule has 1 N–H and O–H groups in total. The minimum Gasteiger partial charge on any atom is -0.309 e. The van der Waals surface area contributed by atoms with E-state index in [4.69, 9.17) is 0 Å². The Labute approximate surface area is 130 Å². The van der Waals surface area contributed by atoms with Crippen LogP contribution in [0.25, 0.3) is 0 Å². The lowest BCUT2D eigenvalue weighted by Gasteiger charge is -2.24. The van der Waals surface area contributed by atoms with Crippen molar-refractivity contribution in [3.05, 3.63) is 68.2 Å². The highest BCUT2D eigenvalue weighted by molar-refractivity contribution is 9.10. The molecule has 0 aliphatic heterocycles. The summed E-state index contributed by atoms with van der Waals surface area (Å²) in [6.45, 7) is 8.73. The molecule has 0 bridgehead atoms. The quantitative estimate of drug-likeness (QED) is 0.835. The minimum absolute atomic E-state index is 0.240. The number of benzene rings is 2. The van der Waals surface area contributed by atoms with Crippen molar-refractivity contribution < 1.29 is 0 Å². The summed E-state index contributed by atoms with van der Waals surface area (Å²) in [5.74, 6) is 0. The molecule has 20 heavy (non-hydrogen) atoms. The highest BCUT2D eigenvalue weighted by Gasteiger charge is 2.18. The zero-order valence-corrected chi connectivity index (χ0v) is 14.4. The molecule has 0 aliphatic carbocycles. The molecule has 1 nitrogen and oxygen atoms in total. The Morgan fingerprint density at radius 3 is 2.00 bits per heavy atom. The van der Waals surface area contributed by atoms with Crippen LogP contribution < -0.4 is 5.32 Å². The van der Waals surface area contributed by atoms with E-state index in [9.17, 15) is 0 Å². The molecule has 0 spiro atoms. The number of halogens is 1. The van der Waals surface area contributed by atoms with Gasteiger partial charge < -0.3 is 5.32 Å². The van der Waals surface area contributed by atoms with Gasteiger partial charge in [0.2, 0.25) is 0 Å². The van der Waals surface area contributed by atoms with Crippen LogP contribution in [-0.4, -0.2) is 7.05 Å². The molecule has 0 amide bonds. The standard InChI is InChI=1S/C18H22BrN/c1-11-8-13(3)17(14(4)9-11)18(20-5)16-7-6-15(19)10-12(16)2/h6-10,18,20H,1-5H3. The molecule has 1 atom stereocenters. The molecule has 2 heteroatoms. The van der Waals surface area contributed by atoms with E-state index >= 15 is 0 Å². The summed E-state index contributed by atoms with van der Waals surface area (Å²) in [7, 11) is 2.03. The van der Waals surface area contributed by atoms with Gasteiger partial charge in [0.1, 0.15) is 0 Å². The van der Waals surface area contributed by atoms with Crippen LogP contribution >= 0.6 is 15.9 Å². The Hall–Kier alpha value is -1.12. The van der Waals surface area contributed by atoms with E-state index in [1.165, 1.54) is 33.4 Å². The molecule has 0 saturated heterocycles. The molecule has 2 aromatic carbocycles. The maximum Gasteiger partial charge on any atom is 0.0582 e. The van der Waals surface area contributed by atoms with E-state index in [0.717, 1.165) is 4.47 Å². The first kappa shape index (κ1) is 15.3. The van der Waals surface area contributed by atoms with Gasteiger partial charge in [-0.1, -0.05) is 39.7 Å². The summed E-state index contributed by atoms with van der Waals surface area (Å²) in [4.78, 5) is 0. The molecule has 2 rings (SSSR count). The zero-order valence-electron chi connectivity index (χ0n) is 12.8. The first-order chi connectivity index (χ1) is 9.43. The van der Waals surface area contributed by atoms with E-state index in [0.29, 0.717) is 0 Å². The summed E-state index contributed by atoms with van der Waals surface area (Å²) in [5.41, 5.74) is 8.06. The average Bonchev–Trinajstić information content (AvgIpc) is 2.34. The van der Waals surface area contributed by atoms with Gasteiger partial charge in [-0.25, -0.2) is 0 Å². The first-order valence-electron chi connectivity index (χ1n) is 6.95. The van der Waals surface area contributed by atoms with Crippen LogP contribution in [0.4, 0.5) is 0 Å². The predicted molar refractivity (Wildman–Crippen MR) is 90.4 cm³/mol. The van der Waals surface area contributed by atoms with Crippen molar-refractivity contribution in [2.24, 2.45) is 0 Å². The van der Waals surface area contributed by atoms with Crippen LogP contribution in [0.2, 0.25) is 0 Å². The van der Waals surface area contributed by atoms with E-state index in [2.05, 4.69) is 79.3 Å². The third kappa shape index (κ3) is 2.97. The summed E-state index contributed by atoms with van der Waals surface area (Å²) < 4.78 is 1.13. The largest absolute Gasteiger partial charge is 0.309 e. The molecule has 0 aliphatic rings. The molecule has 1 unspecified atom stereocenters. The fraction of sp³-hybridized carbons (Fsp3) is 0.333. The molecule has 0 fully saturated rings. The van der Waals surface area contributed by atoms with Gasteiger partial charge in [-0.2, -0.15) is 0 Å². The molecule has 0 radical (unpaired) electrons. The van der Waals surface area contributed by atoms with Gasteiger partial charge in [-0.3, -0.25) is 0 Å². The number of nitrogens with one attached hydrogen (secondary N) is 1. The van der Waals surface area contributed by atoms with Gasteiger partial charge >= 0.3 is 0 Å². The van der Waals surface area contributed by atoms with Crippen LogP contribution in [-0.2, 0) is 0 Å². The molecule has 2 aromatic rings. The summed E-state index contributed by atoms with van der Waals surface area (Å²) in [5, 5.41) is 3.48. The third-order valence-electron chi connectivity index (χ3n) is 3.86. The Morgan fingerprint density at radius 1 is 0.900 bits per heavy atom. The summed E-state index contributed by atoms with van der Waals surface area (Å²) >= 11 is 3.54. The van der Waals surface area contributed by atoms with Crippen molar-refractivity contribution in [2.75, 3.05) is 7.05 Å². The van der Waals surface area contributed by atoms with Gasteiger partial charge in [0, 0.05) is 4.47 Å². The van der Waals surface area contributed by atoms with Crippen molar-refractivity contribution in [3.8, 4) is 0 Å². The summed E-state index contributed by atoms with van der Waals surface area (Å²) in [6.07, 6.45) is 0. The Kier molecular flexibility index (Phi) is 4.66. The second kappa shape index (κ2) is 6.11. The maximum absolute atomic E-state index is 3.54. The maximum atomic E-state index is 3.54. The van der Waals surface area contributed by atoms with Gasteiger partial charge in [-0.15, -0.1) is 0 Å². The monoisotopic (exact) mass is 331 g/mol. The Balaban J connectivity index is 2.58. The fourth-order valence-corrected chi connectivity index (χ4v) is 3.54. The molecule has 0 saturated carbocycles. The van der Waals surface area contributed by atoms with Crippen LogP contribution in [0.5, 0.6) is 0 Å². The number of rotatable bonds is 3. The number of aryl methyl sites for hydroxylation is 4. The molecular weight excluding hydrogens is 310 g/mol. The zero-order chi connectivity index (χ0) is 14.9. The van der Waals surface area contributed by atoms with Gasteiger partial charge in [0.25, 0.3) is 0 Å². The van der Waals surface area contributed by atoms with Crippen molar-refractivity contribution in [1.82, 2.24) is 5.32 Å². The molecular formula is C18H22BrN. The van der Waals surface area contributed by atoms with Gasteiger partial charge in [0.05, 0.1) is 6.04 Å². The topological polar surface area (TPSA) is 12.0 Å². The first-order valence-corrected chi connectivity index (χ1v) is 7.74. The Morgan fingerprint density at radius 2 is 1.50 bits per heavy atom. The van der Waals surface area contributed by atoms with E-state index in [-0.39, 0.29) is 6.04 Å². The molecule has 106 valence electrons. The predicted octanol–water partition coefficient (Wildman–Crippen LogP) is 4.99. The van der Waals surface area contributed by atoms with Crippen LogP contribution in [0.15, 0.2) is 34.8 Å². The van der Waals surface area contributed by atoms with E-state index in [1.54, 1.807) is 0 Å². The second-order valence-corrected chi connectivity index (χ2v) is 6.45. The van der Waals surface area contributed by atoms with Gasteiger partial charge in [0.15, 0.2) is 0 Å². The third-order valence-corrected chi connectivity index (χ3v) is 4.35. The lowest BCUT2D eigenvalue weighted by atomic mass is 9.88. The SMILES string of the molecule is CNC(c1ccc(Br)cc1C)c1c(C)cc(C)cc1C. The highest BCUT2D eigenvalue weighted by Crippen LogP contribution is 2.31. The normalized spacial score (nSPS) is 12.5. The average molecular weight is 332 g/mol. The highest BCUT2D eigenvalue weighted by atomic mass is 79.9. The number of hydrogen-bond donors (Lipinski definition) is 1. The smallest absolute Gasteiger partial charge is 0.0582 e. The van der Waals surface area contributed by atoms with Crippen molar-refractivity contribution in [2.45, 2.75) is 33.7 Å². The van der Waals surface area contributed by atoms with Crippen LogP contribution in [0.1, 0.15) is 39.4 Å². The van der Waals surface area contributed by atoms with Crippen molar-refractivity contribution in [3.63, 3.8) is 0 Å². The molecule has 0 heterocycles. The van der Waals surface area contributed by atoms with Crippen LogP contribution in [0.3, 0.4) is 0 Å². The lowest BCUT2D eigenvalue weighted by Crippen LogP contribution is -2.21. The number of hydrogen-bond acceptors (Lipinski definition) is 1. The van der Waals surface area contributed by atoms with Crippen LogP contribution in [0, 0.1) is 27.7 Å². The second-order valence-electron chi connectivity index (χ2n) is 5.53. The van der Waals surface area contributed by atoms with Gasteiger partial charge in [-0.05, 0) is 74.7 Å². The van der Waals surface area contributed by atoms with Crippen molar-refractivity contribution >= 4 is 15.9 Å². The van der Waals surface area contributed by atoms with E-state index < -0.39 is 0 Å². The Bertz CT molecular complexity index is 608. The van der Waals surface area contributed by atoms with Crippen molar-refractivity contribution in [1.29, 1.82) is 0 Å². The van der Waals surface area contributed by atoms with E-state index in [1.807, 2.05) is 7.05 Å².